The molecule has 17 heavy (non-hydrogen) atoms. The Bertz CT molecular complexity index is 189. The molecule has 0 saturated heterocycles. The van der Waals surface area contributed by atoms with Crippen LogP contribution in [-0.2, 0) is 4.79 Å². The van der Waals surface area contributed by atoms with E-state index in [1.54, 1.807) is 0 Å². The van der Waals surface area contributed by atoms with Gasteiger partial charge in [-0.3, -0.25) is 4.79 Å². The van der Waals surface area contributed by atoms with Crippen molar-refractivity contribution in [3.63, 3.8) is 0 Å². The van der Waals surface area contributed by atoms with E-state index in [-0.39, 0.29) is 5.92 Å². The van der Waals surface area contributed by atoms with E-state index in [2.05, 4.69) is 20.8 Å². The van der Waals surface area contributed by atoms with E-state index < -0.39 is 5.97 Å². The van der Waals surface area contributed by atoms with Crippen LogP contribution in [0.5, 0.6) is 0 Å². The molecule has 2 unspecified atom stereocenters. The van der Waals surface area contributed by atoms with Crippen molar-refractivity contribution in [2.45, 2.75) is 78.6 Å². The van der Waals surface area contributed by atoms with E-state index in [4.69, 9.17) is 5.11 Å². The lowest BCUT2D eigenvalue weighted by molar-refractivity contribution is -0.143. The van der Waals surface area contributed by atoms with Gasteiger partial charge in [-0.05, 0) is 12.3 Å². The molecule has 0 aromatic carbocycles. The Morgan fingerprint density at radius 2 is 1.53 bits per heavy atom. The zero-order valence-corrected chi connectivity index (χ0v) is 11.9. The van der Waals surface area contributed by atoms with Crippen molar-refractivity contribution in [2.75, 3.05) is 0 Å². The van der Waals surface area contributed by atoms with Gasteiger partial charge in [-0.2, -0.15) is 0 Å². The summed E-state index contributed by atoms with van der Waals surface area (Å²) in [4.78, 5) is 11.1. The van der Waals surface area contributed by atoms with Crippen LogP contribution in [0, 0.1) is 11.8 Å². The molecule has 1 N–H and O–H groups in total. The Kier molecular flexibility index (Phi) is 10.3. The maximum atomic E-state index is 11.1. The van der Waals surface area contributed by atoms with Crippen LogP contribution in [0.1, 0.15) is 78.6 Å². The molecule has 0 radical (unpaired) electrons. The zero-order chi connectivity index (χ0) is 13.1. The summed E-state index contributed by atoms with van der Waals surface area (Å²) in [6.45, 7) is 6.36. The van der Waals surface area contributed by atoms with Crippen molar-refractivity contribution in [3.05, 3.63) is 0 Å². The van der Waals surface area contributed by atoms with Gasteiger partial charge in [-0.1, -0.05) is 72.1 Å². The highest BCUT2D eigenvalue weighted by molar-refractivity contribution is 5.70. The molecular formula is C15H30O2. The number of carboxylic acid groups (broad SMARTS) is 1. The average molecular weight is 242 g/mol. The largest absolute Gasteiger partial charge is 0.481 e. The number of hydrogen-bond donors (Lipinski definition) is 1. The third-order valence-electron chi connectivity index (χ3n) is 3.77. The van der Waals surface area contributed by atoms with Crippen molar-refractivity contribution in [1.82, 2.24) is 0 Å². The number of unbranched alkanes of at least 4 members (excludes halogenated alkanes) is 6. The predicted octanol–water partition coefficient (Wildman–Crippen LogP) is 4.87. The second-order valence-corrected chi connectivity index (χ2v) is 5.24. The SMILES string of the molecule is CCCCCCCCCC(C(=O)O)C(C)CC. The number of carbonyl (C=O) groups is 1. The van der Waals surface area contributed by atoms with Crippen LogP contribution < -0.4 is 0 Å². The number of rotatable bonds is 11. The third kappa shape index (κ3) is 8.23. The molecule has 0 fully saturated rings. The number of carboxylic acids is 1. The summed E-state index contributed by atoms with van der Waals surface area (Å²) in [7, 11) is 0. The van der Waals surface area contributed by atoms with Crippen molar-refractivity contribution in [2.24, 2.45) is 11.8 Å². The van der Waals surface area contributed by atoms with E-state index in [1.165, 1.54) is 38.5 Å². The fraction of sp³-hybridized carbons (Fsp3) is 0.933. The Balaban J connectivity index is 3.58. The Morgan fingerprint density at radius 1 is 1.00 bits per heavy atom. The predicted molar refractivity (Wildman–Crippen MR) is 73.2 cm³/mol. The van der Waals surface area contributed by atoms with Crippen LogP contribution in [-0.4, -0.2) is 11.1 Å². The lowest BCUT2D eigenvalue weighted by Crippen LogP contribution is -2.21. The molecule has 2 heteroatoms. The van der Waals surface area contributed by atoms with Gasteiger partial charge in [0.05, 0.1) is 5.92 Å². The molecule has 0 spiro atoms. The molecule has 0 saturated carbocycles. The summed E-state index contributed by atoms with van der Waals surface area (Å²) in [5.41, 5.74) is 0. The summed E-state index contributed by atoms with van der Waals surface area (Å²) < 4.78 is 0. The van der Waals surface area contributed by atoms with E-state index in [1.807, 2.05) is 0 Å². The third-order valence-corrected chi connectivity index (χ3v) is 3.77. The first-order valence-corrected chi connectivity index (χ1v) is 7.36. The number of hydrogen-bond acceptors (Lipinski definition) is 1. The minimum atomic E-state index is -0.606. The van der Waals surface area contributed by atoms with Crippen molar-refractivity contribution >= 4 is 5.97 Å². The highest BCUT2D eigenvalue weighted by Gasteiger charge is 2.22. The standard InChI is InChI=1S/C15H30O2/c1-4-6-7-8-9-10-11-12-14(15(16)17)13(3)5-2/h13-14H,4-12H2,1-3H3,(H,16,17). The van der Waals surface area contributed by atoms with Crippen molar-refractivity contribution < 1.29 is 9.90 Å². The van der Waals surface area contributed by atoms with E-state index >= 15 is 0 Å². The molecular weight excluding hydrogens is 212 g/mol. The molecule has 0 aliphatic carbocycles. The van der Waals surface area contributed by atoms with E-state index in [0.29, 0.717) is 5.92 Å². The van der Waals surface area contributed by atoms with Crippen molar-refractivity contribution in [3.8, 4) is 0 Å². The summed E-state index contributed by atoms with van der Waals surface area (Å²) in [6.07, 6.45) is 10.6. The van der Waals surface area contributed by atoms with Gasteiger partial charge >= 0.3 is 5.97 Å². The average Bonchev–Trinajstić information content (AvgIpc) is 2.31. The molecule has 0 aromatic rings. The molecule has 0 rings (SSSR count). The molecule has 0 aliphatic heterocycles. The lowest BCUT2D eigenvalue weighted by atomic mass is 9.87. The summed E-state index contributed by atoms with van der Waals surface area (Å²) in [5, 5.41) is 9.15. The normalized spacial score (nSPS) is 14.5. The fourth-order valence-electron chi connectivity index (χ4n) is 2.26. The summed E-state index contributed by atoms with van der Waals surface area (Å²) >= 11 is 0. The molecule has 2 atom stereocenters. The minimum absolute atomic E-state index is 0.129. The van der Waals surface area contributed by atoms with Gasteiger partial charge in [0.15, 0.2) is 0 Å². The smallest absolute Gasteiger partial charge is 0.306 e. The Hall–Kier alpha value is -0.530. The van der Waals surface area contributed by atoms with Gasteiger partial charge in [0.1, 0.15) is 0 Å². The van der Waals surface area contributed by atoms with Crippen molar-refractivity contribution in [1.29, 1.82) is 0 Å². The monoisotopic (exact) mass is 242 g/mol. The molecule has 0 bridgehead atoms. The first kappa shape index (κ1) is 16.5. The molecule has 2 nitrogen and oxygen atoms in total. The van der Waals surface area contributed by atoms with Crippen LogP contribution in [0.15, 0.2) is 0 Å². The van der Waals surface area contributed by atoms with Crippen LogP contribution >= 0.6 is 0 Å². The van der Waals surface area contributed by atoms with E-state index in [0.717, 1.165) is 19.3 Å². The molecule has 0 amide bonds. The van der Waals surface area contributed by atoms with Gasteiger partial charge in [0.25, 0.3) is 0 Å². The maximum absolute atomic E-state index is 11.1. The second-order valence-electron chi connectivity index (χ2n) is 5.24. The highest BCUT2D eigenvalue weighted by Crippen LogP contribution is 2.22. The summed E-state index contributed by atoms with van der Waals surface area (Å²) in [5.74, 6) is -0.423. The second kappa shape index (κ2) is 10.6. The molecule has 102 valence electrons. The Labute approximate surface area is 107 Å². The highest BCUT2D eigenvalue weighted by atomic mass is 16.4. The van der Waals surface area contributed by atoms with Crippen LogP contribution in [0.4, 0.5) is 0 Å². The van der Waals surface area contributed by atoms with Gasteiger partial charge in [-0.15, -0.1) is 0 Å². The molecule has 0 heterocycles. The maximum Gasteiger partial charge on any atom is 0.306 e. The van der Waals surface area contributed by atoms with Gasteiger partial charge in [0, 0.05) is 0 Å². The lowest BCUT2D eigenvalue weighted by Gasteiger charge is -2.18. The van der Waals surface area contributed by atoms with Crippen LogP contribution in [0.2, 0.25) is 0 Å². The van der Waals surface area contributed by atoms with Crippen LogP contribution in [0.3, 0.4) is 0 Å². The quantitative estimate of drug-likeness (QED) is 0.525. The van der Waals surface area contributed by atoms with Gasteiger partial charge in [0.2, 0.25) is 0 Å². The van der Waals surface area contributed by atoms with Crippen LogP contribution in [0.25, 0.3) is 0 Å². The summed E-state index contributed by atoms with van der Waals surface area (Å²) in [6, 6.07) is 0. The topological polar surface area (TPSA) is 37.3 Å². The first-order valence-electron chi connectivity index (χ1n) is 7.36. The fourth-order valence-corrected chi connectivity index (χ4v) is 2.26. The minimum Gasteiger partial charge on any atom is -0.481 e. The zero-order valence-electron chi connectivity index (χ0n) is 11.9. The van der Waals surface area contributed by atoms with Gasteiger partial charge in [-0.25, -0.2) is 0 Å². The van der Waals surface area contributed by atoms with Gasteiger partial charge < -0.3 is 5.11 Å². The van der Waals surface area contributed by atoms with E-state index in [9.17, 15) is 4.79 Å². The Morgan fingerprint density at radius 3 is 2.00 bits per heavy atom. The number of aliphatic carboxylic acids is 1. The molecule has 0 aromatic heterocycles. The molecule has 0 aliphatic rings. The first-order chi connectivity index (χ1) is 8.13.